The van der Waals surface area contributed by atoms with Crippen LogP contribution in [-0.2, 0) is 11.2 Å². The van der Waals surface area contributed by atoms with Gasteiger partial charge < -0.3 is 10.8 Å². The van der Waals surface area contributed by atoms with Crippen LogP contribution in [0.5, 0.6) is 0 Å². The number of nitrogen functional groups attached to an aromatic ring is 1. The number of anilines is 1. The summed E-state index contributed by atoms with van der Waals surface area (Å²) >= 11 is 0. The maximum atomic E-state index is 10.2. The van der Waals surface area contributed by atoms with E-state index in [-0.39, 0.29) is 6.42 Å². The minimum Gasteiger partial charge on any atom is -0.481 e. The molecule has 0 saturated carbocycles. The van der Waals surface area contributed by atoms with E-state index < -0.39 is 5.97 Å². The van der Waals surface area contributed by atoms with E-state index in [0.717, 1.165) is 5.69 Å². The van der Waals surface area contributed by atoms with E-state index >= 15 is 0 Å². The highest BCUT2D eigenvalue weighted by Crippen LogP contribution is 2.04. The molecule has 0 atom stereocenters. The van der Waals surface area contributed by atoms with Gasteiger partial charge in [-0.1, -0.05) is 0 Å². The summed E-state index contributed by atoms with van der Waals surface area (Å²) in [4.78, 5) is 14.3. The van der Waals surface area contributed by atoms with E-state index in [1.54, 1.807) is 12.3 Å². The lowest BCUT2D eigenvalue weighted by Gasteiger charge is -1.98. The van der Waals surface area contributed by atoms with Crippen molar-refractivity contribution in [3.8, 4) is 0 Å². The standard InChI is InChI=1S/C9H12N2O2/c10-7-4-5-8(11-6-7)2-1-3-9(12)13/h4-6H,1-3,10H2,(H,12,13). The van der Waals surface area contributed by atoms with E-state index in [1.165, 1.54) is 0 Å². The summed E-state index contributed by atoms with van der Waals surface area (Å²) in [6.07, 6.45) is 3.07. The van der Waals surface area contributed by atoms with Crippen molar-refractivity contribution >= 4 is 11.7 Å². The Morgan fingerprint density at radius 1 is 1.54 bits per heavy atom. The Labute approximate surface area is 76.4 Å². The number of carboxylic acid groups (broad SMARTS) is 1. The molecule has 1 aromatic heterocycles. The van der Waals surface area contributed by atoms with Crippen molar-refractivity contribution in [1.29, 1.82) is 0 Å². The first-order valence-corrected chi connectivity index (χ1v) is 4.10. The Balaban J connectivity index is 2.37. The quantitative estimate of drug-likeness (QED) is 0.726. The monoisotopic (exact) mass is 180 g/mol. The molecule has 1 aromatic rings. The Hall–Kier alpha value is -1.58. The van der Waals surface area contributed by atoms with Gasteiger partial charge in [-0.25, -0.2) is 0 Å². The first-order valence-electron chi connectivity index (χ1n) is 4.10. The van der Waals surface area contributed by atoms with Gasteiger partial charge in [0.2, 0.25) is 0 Å². The third kappa shape index (κ3) is 3.55. The Bertz CT molecular complexity index is 282. The van der Waals surface area contributed by atoms with Gasteiger partial charge in [0.1, 0.15) is 0 Å². The van der Waals surface area contributed by atoms with Crippen LogP contribution in [0.1, 0.15) is 18.5 Å². The van der Waals surface area contributed by atoms with Gasteiger partial charge in [-0.15, -0.1) is 0 Å². The smallest absolute Gasteiger partial charge is 0.303 e. The van der Waals surface area contributed by atoms with Crippen molar-refractivity contribution in [2.24, 2.45) is 0 Å². The molecule has 0 unspecified atom stereocenters. The molecular weight excluding hydrogens is 168 g/mol. The van der Waals surface area contributed by atoms with Crippen molar-refractivity contribution in [2.45, 2.75) is 19.3 Å². The molecule has 4 nitrogen and oxygen atoms in total. The van der Waals surface area contributed by atoms with Crippen LogP contribution >= 0.6 is 0 Å². The average molecular weight is 180 g/mol. The highest BCUT2D eigenvalue weighted by Gasteiger charge is 1.98. The molecule has 0 bridgehead atoms. The second kappa shape index (κ2) is 4.45. The molecule has 3 N–H and O–H groups in total. The van der Waals surface area contributed by atoms with Gasteiger partial charge in [-0.05, 0) is 25.0 Å². The highest BCUT2D eigenvalue weighted by molar-refractivity contribution is 5.66. The molecule has 0 aromatic carbocycles. The van der Waals surface area contributed by atoms with Gasteiger partial charge in [-0.2, -0.15) is 0 Å². The van der Waals surface area contributed by atoms with Gasteiger partial charge in [0.25, 0.3) is 0 Å². The molecule has 0 aliphatic rings. The van der Waals surface area contributed by atoms with Crippen molar-refractivity contribution in [2.75, 3.05) is 5.73 Å². The van der Waals surface area contributed by atoms with Crippen molar-refractivity contribution in [1.82, 2.24) is 4.98 Å². The Morgan fingerprint density at radius 2 is 2.31 bits per heavy atom. The van der Waals surface area contributed by atoms with Gasteiger partial charge in [-0.3, -0.25) is 9.78 Å². The van der Waals surface area contributed by atoms with Gasteiger partial charge in [0.15, 0.2) is 0 Å². The van der Waals surface area contributed by atoms with Crippen LogP contribution < -0.4 is 5.73 Å². The molecule has 0 aliphatic carbocycles. The van der Waals surface area contributed by atoms with Crippen LogP contribution in [0.3, 0.4) is 0 Å². The van der Waals surface area contributed by atoms with Crippen molar-refractivity contribution in [3.05, 3.63) is 24.0 Å². The first kappa shape index (κ1) is 9.51. The zero-order valence-electron chi connectivity index (χ0n) is 7.23. The fourth-order valence-electron chi connectivity index (χ4n) is 1.00. The molecule has 0 fully saturated rings. The molecule has 0 saturated heterocycles. The van der Waals surface area contributed by atoms with E-state index in [0.29, 0.717) is 18.5 Å². The van der Waals surface area contributed by atoms with Crippen LogP contribution in [0.4, 0.5) is 5.69 Å². The molecule has 0 amide bonds. The van der Waals surface area contributed by atoms with Crippen LogP contribution in [0.2, 0.25) is 0 Å². The summed E-state index contributed by atoms with van der Waals surface area (Å²) in [6.45, 7) is 0. The van der Waals surface area contributed by atoms with Gasteiger partial charge >= 0.3 is 5.97 Å². The van der Waals surface area contributed by atoms with Crippen molar-refractivity contribution < 1.29 is 9.90 Å². The van der Waals surface area contributed by atoms with Crippen LogP contribution in [-0.4, -0.2) is 16.1 Å². The Kier molecular flexibility index (Phi) is 3.25. The molecule has 0 spiro atoms. The van der Waals surface area contributed by atoms with Gasteiger partial charge in [0, 0.05) is 12.1 Å². The lowest BCUT2D eigenvalue weighted by Crippen LogP contribution is -1.97. The summed E-state index contributed by atoms with van der Waals surface area (Å²) in [7, 11) is 0. The minimum atomic E-state index is -0.768. The SMILES string of the molecule is Nc1ccc(CCCC(=O)O)nc1. The maximum Gasteiger partial charge on any atom is 0.303 e. The van der Waals surface area contributed by atoms with E-state index in [9.17, 15) is 4.79 Å². The number of hydrogen-bond donors (Lipinski definition) is 2. The number of aliphatic carboxylic acids is 1. The van der Waals surface area contributed by atoms with E-state index in [2.05, 4.69) is 4.98 Å². The van der Waals surface area contributed by atoms with Crippen molar-refractivity contribution in [3.63, 3.8) is 0 Å². The second-order valence-corrected chi connectivity index (χ2v) is 2.83. The van der Waals surface area contributed by atoms with E-state index in [1.807, 2.05) is 6.07 Å². The molecule has 13 heavy (non-hydrogen) atoms. The molecule has 0 aliphatic heterocycles. The highest BCUT2D eigenvalue weighted by atomic mass is 16.4. The predicted octanol–water partition coefficient (Wildman–Crippen LogP) is 1.07. The van der Waals surface area contributed by atoms with Crippen LogP contribution in [0.25, 0.3) is 0 Å². The normalized spacial score (nSPS) is 9.85. The topological polar surface area (TPSA) is 76.2 Å². The number of nitrogens with zero attached hydrogens (tertiary/aromatic N) is 1. The number of aryl methyl sites for hydroxylation is 1. The fourth-order valence-corrected chi connectivity index (χ4v) is 1.00. The molecule has 1 rings (SSSR count). The fraction of sp³-hybridized carbons (Fsp3) is 0.333. The lowest BCUT2D eigenvalue weighted by atomic mass is 10.2. The first-order chi connectivity index (χ1) is 6.18. The molecule has 0 radical (unpaired) electrons. The second-order valence-electron chi connectivity index (χ2n) is 2.83. The lowest BCUT2D eigenvalue weighted by molar-refractivity contribution is -0.137. The Morgan fingerprint density at radius 3 is 2.85 bits per heavy atom. The van der Waals surface area contributed by atoms with Crippen LogP contribution in [0.15, 0.2) is 18.3 Å². The predicted molar refractivity (Wildman–Crippen MR) is 49.2 cm³/mol. The zero-order chi connectivity index (χ0) is 9.68. The number of aromatic nitrogens is 1. The number of carbonyl (C=O) groups is 1. The maximum absolute atomic E-state index is 10.2. The summed E-state index contributed by atoms with van der Waals surface area (Å²) < 4.78 is 0. The van der Waals surface area contributed by atoms with Gasteiger partial charge in [0.05, 0.1) is 11.9 Å². The number of carboxylic acids is 1. The van der Waals surface area contributed by atoms with E-state index in [4.69, 9.17) is 10.8 Å². The average Bonchev–Trinajstić information content (AvgIpc) is 2.08. The number of nitrogens with two attached hydrogens (primary N) is 1. The summed E-state index contributed by atoms with van der Waals surface area (Å²) in [5.74, 6) is -0.768. The van der Waals surface area contributed by atoms with Crippen LogP contribution in [0, 0.1) is 0 Å². The minimum absolute atomic E-state index is 0.187. The summed E-state index contributed by atoms with van der Waals surface area (Å²) in [5, 5.41) is 8.40. The largest absolute Gasteiger partial charge is 0.481 e. The third-order valence-electron chi connectivity index (χ3n) is 1.67. The molecule has 1 heterocycles. The molecular formula is C9H12N2O2. The summed E-state index contributed by atoms with van der Waals surface area (Å²) in [6, 6.07) is 3.58. The third-order valence-corrected chi connectivity index (χ3v) is 1.67. The number of hydrogen-bond acceptors (Lipinski definition) is 3. The number of pyridine rings is 1. The molecule has 4 heteroatoms. The molecule has 70 valence electrons. The number of rotatable bonds is 4. The summed E-state index contributed by atoms with van der Waals surface area (Å²) in [5.41, 5.74) is 6.96. The zero-order valence-corrected chi connectivity index (χ0v) is 7.23.